The van der Waals surface area contributed by atoms with Gasteiger partial charge in [0.05, 0.1) is 12.2 Å². The zero-order chi connectivity index (χ0) is 10.9. The average molecular weight is 195 g/mol. The van der Waals surface area contributed by atoms with E-state index >= 15 is 0 Å². The topological polar surface area (TPSA) is 60.9 Å². The maximum absolute atomic E-state index is 11.4. The minimum atomic E-state index is -0.0736. The third-order valence-corrected chi connectivity index (χ3v) is 2.12. The van der Waals surface area contributed by atoms with Crippen LogP contribution in [0.5, 0.6) is 0 Å². The first-order valence-electron chi connectivity index (χ1n) is 4.64. The number of nitrogens with zero attached hydrogens (tertiary/aromatic N) is 2. The molecular weight excluding hydrogens is 178 g/mol. The minimum absolute atomic E-state index is 0.0309. The van der Waals surface area contributed by atoms with E-state index in [9.17, 15) is 4.79 Å². The van der Waals surface area contributed by atoms with Crippen LogP contribution >= 0.6 is 0 Å². The molecule has 1 heterocycles. The number of aromatic nitrogens is 2. The molecule has 0 spiro atoms. The lowest BCUT2D eigenvalue weighted by Gasteiger charge is -2.13. The van der Waals surface area contributed by atoms with Crippen molar-refractivity contribution < 1.29 is 4.79 Å². The third kappa shape index (κ3) is 2.01. The van der Waals surface area contributed by atoms with Gasteiger partial charge in [0.15, 0.2) is 5.78 Å². The van der Waals surface area contributed by atoms with Crippen molar-refractivity contribution in [1.82, 2.24) is 9.78 Å². The van der Waals surface area contributed by atoms with Gasteiger partial charge in [-0.1, -0.05) is 20.8 Å². The van der Waals surface area contributed by atoms with Crippen molar-refractivity contribution in [2.24, 2.45) is 12.8 Å². The first-order chi connectivity index (χ1) is 6.36. The largest absolute Gasteiger partial charge is 0.324 e. The highest BCUT2D eigenvalue weighted by Crippen LogP contribution is 2.21. The Kier molecular flexibility index (Phi) is 2.76. The van der Waals surface area contributed by atoms with Crippen LogP contribution in [-0.4, -0.2) is 22.1 Å². The maximum Gasteiger partial charge on any atom is 0.194 e. The fraction of sp³-hybridized carbons (Fsp3) is 0.600. The highest BCUT2D eigenvalue weighted by atomic mass is 16.1. The molecule has 0 atom stereocenters. The van der Waals surface area contributed by atoms with Gasteiger partial charge in [-0.3, -0.25) is 9.48 Å². The lowest BCUT2D eigenvalue weighted by molar-refractivity contribution is 0.0992. The second-order valence-corrected chi connectivity index (χ2v) is 4.42. The fourth-order valence-electron chi connectivity index (χ4n) is 1.20. The Bertz CT molecular complexity index is 347. The summed E-state index contributed by atoms with van der Waals surface area (Å²) in [5.41, 5.74) is 6.76. The van der Waals surface area contributed by atoms with Crippen molar-refractivity contribution in [1.29, 1.82) is 0 Å². The Hall–Kier alpha value is -1.16. The summed E-state index contributed by atoms with van der Waals surface area (Å²) in [6.07, 6.45) is 0. The minimum Gasteiger partial charge on any atom is -0.324 e. The van der Waals surface area contributed by atoms with Crippen LogP contribution in [-0.2, 0) is 12.5 Å². The molecule has 0 bridgehead atoms. The van der Waals surface area contributed by atoms with Crippen molar-refractivity contribution in [3.63, 3.8) is 0 Å². The number of carbonyl (C=O) groups excluding carboxylic acids is 1. The molecule has 4 heteroatoms. The second-order valence-electron chi connectivity index (χ2n) is 4.42. The van der Waals surface area contributed by atoms with E-state index in [2.05, 4.69) is 25.9 Å². The van der Waals surface area contributed by atoms with E-state index in [1.165, 1.54) is 0 Å². The van der Waals surface area contributed by atoms with Crippen molar-refractivity contribution in [3.05, 3.63) is 17.5 Å². The monoisotopic (exact) mass is 195 g/mol. The SMILES string of the molecule is Cn1nc(C(C)(C)C)cc1C(=O)CN. The quantitative estimate of drug-likeness (QED) is 0.712. The molecule has 1 aromatic rings. The van der Waals surface area contributed by atoms with Crippen LogP contribution in [0.25, 0.3) is 0 Å². The van der Waals surface area contributed by atoms with Gasteiger partial charge in [-0.25, -0.2) is 0 Å². The summed E-state index contributed by atoms with van der Waals surface area (Å²) in [6.45, 7) is 6.22. The molecule has 14 heavy (non-hydrogen) atoms. The van der Waals surface area contributed by atoms with Crippen LogP contribution in [0.1, 0.15) is 37.0 Å². The molecule has 4 nitrogen and oxygen atoms in total. The van der Waals surface area contributed by atoms with Gasteiger partial charge in [0.25, 0.3) is 0 Å². The summed E-state index contributed by atoms with van der Waals surface area (Å²) in [4.78, 5) is 11.4. The van der Waals surface area contributed by atoms with Gasteiger partial charge >= 0.3 is 0 Å². The number of ketones is 1. The molecule has 0 saturated carbocycles. The predicted octanol–water partition coefficient (Wildman–Crippen LogP) is 0.859. The summed E-state index contributed by atoms with van der Waals surface area (Å²) in [5.74, 6) is -0.0736. The predicted molar refractivity (Wildman–Crippen MR) is 55.3 cm³/mol. The van der Waals surface area contributed by atoms with Gasteiger partial charge < -0.3 is 5.73 Å². The Labute approximate surface area is 84.1 Å². The molecule has 0 aromatic carbocycles. The van der Waals surface area contributed by atoms with E-state index in [1.807, 2.05) is 6.07 Å². The lowest BCUT2D eigenvalue weighted by Crippen LogP contribution is -2.16. The number of hydrogen-bond donors (Lipinski definition) is 1. The molecule has 0 aliphatic carbocycles. The van der Waals surface area contributed by atoms with E-state index < -0.39 is 0 Å². The Morgan fingerprint density at radius 2 is 2.14 bits per heavy atom. The van der Waals surface area contributed by atoms with E-state index in [1.54, 1.807) is 11.7 Å². The first-order valence-corrected chi connectivity index (χ1v) is 4.64. The zero-order valence-electron chi connectivity index (χ0n) is 9.16. The van der Waals surface area contributed by atoms with Gasteiger partial charge in [-0.05, 0) is 6.07 Å². The van der Waals surface area contributed by atoms with Crippen molar-refractivity contribution in [2.75, 3.05) is 6.54 Å². The van der Waals surface area contributed by atoms with E-state index in [0.717, 1.165) is 5.69 Å². The number of Topliss-reactive ketones (excluding diaryl/α,β-unsaturated/α-hetero) is 1. The number of carbonyl (C=O) groups is 1. The van der Waals surface area contributed by atoms with E-state index in [4.69, 9.17) is 5.73 Å². The molecule has 0 saturated heterocycles. The smallest absolute Gasteiger partial charge is 0.194 e. The highest BCUT2D eigenvalue weighted by Gasteiger charge is 2.20. The average Bonchev–Trinajstić information content (AvgIpc) is 2.45. The normalized spacial score (nSPS) is 11.8. The molecule has 0 radical (unpaired) electrons. The Morgan fingerprint density at radius 1 is 1.57 bits per heavy atom. The summed E-state index contributed by atoms with van der Waals surface area (Å²) in [7, 11) is 1.76. The fourth-order valence-corrected chi connectivity index (χ4v) is 1.20. The zero-order valence-corrected chi connectivity index (χ0v) is 9.16. The molecule has 0 unspecified atom stereocenters. The van der Waals surface area contributed by atoms with Gasteiger partial charge in [0.1, 0.15) is 5.69 Å². The molecule has 1 aromatic heterocycles. The molecule has 1 rings (SSSR count). The van der Waals surface area contributed by atoms with Crippen LogP contribution in [0.4, 0.5) is 0 Å². The summed E-state index contributed by atoms with van der Waals surface area (Å²) >= 11 is 0. The summed E-state index contributed by atoms with van der Waals surface area (Å²) < 4.78 is 1.59. The van der Waals surface area contributed by atoms with Crippen LogP contribution in [0.2, 0.25) is 0 Å². The van der Waals surface area contributed by atoms with Crippen LogP contribution in [0, 0.1) is 0 Å². The van der Waals surface area contributed by atoms with Crippen molar-refractivity contribution in [2.45, 2.75) is 26.2 Å². The number of rotatable bonds is 2. The third-order valence-electron chi connectivity index (χ3n) is 2.12. The first kappa shape index (κ1) is 10.9. The molecular formula is C10H17N3O. The van der Waals surface area contributed by atoms with Crippen LogP contribution in [0.15, 0.2) is 6.07 Å². The molecule has 2 N–H and O–H groups in total. The second kappa shape index (κ2) is 3.53. The van der Waals surface area contributed by atoms with Crippen LogP contribution in [0.3, 0.4) is 0 Å². The number of aryl methyl sites for hydroxylation is 1. The molecule has 0 aliphatic rings. The van der Waals surface area contributed by atoms with Gasteiger partial charge in [-0.15, -0.1) is 0 Å². The van der Waals surface area contributed by atoms with Crippen molar-refractivity contribution >= 4 is 5.78 Å². The Morgan fingerprint density at radius 3 is 2.50 bits per heavy atom. The van der Waals surface area contributed by atoms with Gasteiger partial charge in [0.2, 0.25) is 0 Å². The van der Waals surface area contributed by atoms with Gasteiger partial charge in [0, 0.05) is 12.5 Å². The lowest BCUT2D eigenvalue weighted by atomic mass is 9.92. The molecule has 0 fully saturated rings. The number of hydrogen-bond acceptors (Lipinski definition) is 3. The maximum atomic E-state index is 11.4. The molecule has 0 amide bonds. The van der Waals surface area contributed by atoms with Gasteiger partial charge in [-0.2, -0.15) is 5.10 Å². The standard InChI is InChI=1S/C10H17N3O/c1-10(2,3)9-5-7(8(14)6-11)13(4)12-9/h5H,6,11H2,1-4H3. The van der Waals surface area contributed by atoms with Crippen LogP contribution < -0.4 is 5.73 Å². The summed E-state index contributed by atoms with van der Waals surface area (Å²) in [6, 6.07) is 1.81. The van der Waals surface area contributed by atoms with E-state index in [0.29, 0.717) is 5.69 Å². The number of nitrogens with two attached hydrogens (primary N) is 1. The van der Waals surface area contributed by atoms with Crippen molar-refractivity contribution in [3.8, 4) is 0 Å². The molecule has 78 valence electrons. The summed E-state index contributed by atoms with van der Waals surface area (Å²) in [5, 5.41) is 4.29. The molecule has 0 aliphatic heterocycles. The van der Waals surface area contributed by atoms with E-state index in [-0.39, 0.29) is 17.7 Å². The highest BCUT2D eigenvalue weighted by molar-refractivity contribution is 5.96. The Balaban J connectivity index is 3.12.